The lowest BCUT2D eigenvalue weighted by Crippen LogP contribution is -1.87. The number of halogens is 1. The minimum absolute atomic E-state index is 0.0262. The van der Waals surface area contributed by atoms with E-state index in [2.05, 4.69) is 43.0 Å². The van der Waals surface area contributed by atoms with Gasteiger partial charge in [0.2, 0.25) is 0 Å². The zero-order valence-electron chi connectivity index (χ0n) is 11.9. The summed E-state index contributed by atoms with van der Waals surface area (Å²) >= 11 is 1.67. The molecule has 0 atom stereocenters. The van der Waals surface area contributed by atoms with Crippen LogP contribution in [0, 0.1) is 24.6 Å². The molecule has 0 saturated carbocycles. The summed E-state index contributed by atoms with van der Waals surface area (Å²) in [6, 6.07) is 13.1. The van der Waals surface area contributed by atoms with Crippen LogP contribution in [0.15, 0.2) is 47.4 Å². The Morgan fingerprint density at radius 1 is 1.14 bits per heavy atom. The van der Waals surface area contributed by atoms with E-state index < -0.39 is 0 Å². The molecule has 0 amide bonds. The van der Waals surface area contributed by atoms with Crippen molar-refractivity contribution >= 4 is 11.8 Å². The van der Waals surface area contributed by atoms with E-state index >= 15 is 0 Å². The highest BCUT2D eigenvalue weighted by molar-refractivity contribution is 7.98. The number of benzene rings is 2. The molecular formula is C18H17FOS. The van der Waals surface area contributed by atoms with Gasteiger partial charge in [-0.05, 0) is 42.8 Å². The lowest BCUT2D eigenvalue weighted by Gasteiger charge is -2.04. The molecule has 1 nitrogen and oxygen atoms in total. The molecule has 108 valence electrons. The third-order valence-corrected chi connectivity index (χ3v) is 3.94. The number of hydrogen-bond donors (Lipinski definition) is 1. The maximum Gasteiger partial charge on any atom is 0.124 e. The predicted octanol–water partition coefficient (Wildman–Crippen LogP) is 4.16. The van der Waals surface area contributed by atoms with Crippen LogP contribution in [0.4, 0.5) is 4.39 Å². The van der Waals surface area contributed by atoms with Gasteiger partial charge in [0.15, 0.2) is 0 Å². The van der Waals surface area contributed by atoms with Crippen molar-refractivity contribution < 1.29 is 9.50 Å². The van der Waals surface area contributed by atoms with Crippen molar-refractivity contribution in [3.05, 3.63) is 65.0 Å². The Kier molecular flexibility index (Phi) is 5.86. The number of rotatable bonds is 4. The van der Waals surface area contributed by atoms with E-state index in [9.17, 15) is 4.39 Å². The van der Waals surface area contributed by atoms with Gasteiger partial charge in [0.1, 0.15) is 5.82 Å². The molecule has 0 fully saturated rings. The van der Waals surface area contributed by atoms with E-state index in [-0.39, 0.29) is 12.4 Å². The van der Waals surface area contributed by atoms with Crippen molar-refractivity contribution in [1.29, 1.82) is 0 Å². The molecule has 0 aliphatic carbocycles. The van der Waals surface area contributed by atoms with Crippen molar-refractivity contribution in [2.45, 2.75) is 24.0 Å². The SMILES string of the molecule is Cc1ccc(SCc2cc(F)cc(C#CCCO)c2)cc1. The molecule has 2 aromatic carbocycles. The molecule has 21 heavy (non-hydrogen) atoms. The smallest absolute Gasteiger partial charge is 0.124 e. The predicted molar refractivity (Wildman–Crippen MR) is 85.7 cm³/mol. The van der Waals surface area contributed by atoms with E-state index in [4.69, 9.17) is 5.11 Å². The number of thioether (sulfide) groups is 1. The van der Waals surface area contributed by atoms with Crippen LogP contribution in [0.1, 0.15) is 23.1 Å². The lowest BCUT2D eigenvalue weighted by molar-refractivity contribution is 0.305. The number of aryl methyl sites for hydroxylation is 1. The monoisotopic (exact) mass is 300 g/mol. The van der Waals surface area contributed by atoms with E-state index in [0.29, 0.717) is 17.7 Å². The Hall–Kier alpha value is -1.76. The van der Waals surface area contributed by atoms with Gasteiger partial charge in [-0.2, -0.15) is 0 Å². The molecule has 0 aliphatic rings. The van der Waals surface area contributed by atoms with Crippen LogP contribution in [-0.4, -0.2) is 11.7 Å². The van der Waals surface area contributed by atoms with E-state index in [1.807, 2.05) is 6.07 Å². The lowest BCUT2D eigenvalue weighted by atomic mass is 10.1. The fraction of sp³-hybridized carbons (Fsp3) is 0.222. The molecule has 0 bridgehead atoms. The highest BCUT2D eigenvalue weighted by atomic mass is 32.2. The summed E-state index contributed by atoms with van der Waals surface area (Å²) in [7, 11) is 0. The van der Waals surface area contributed by atoms with Crippen LogP contribution >= 0.6 is 11.8 Å². The van der Waals surface area contributed by atoms with Crippen LogP contribution in [0.2, 0.25) is 0 Å². The second kappa shape index (κ2) is 7.87. The maximum absolute atomic E-state index is 13.6. The molecular weight excluding hydrogens is 283 g/mol. The summed E-state index contributed by atoms with van der Waals surface area (Å²) in [6.45, 7) is 2.08. The van der Waals surface area contributed by atoms with Gasteiger partial charge < -0.3 is 5.11 Å². The quantitative estimate of drug-likeness (QED) is 0.676. The number of hydrogen-bond acceptors (Lipinski definition) is 2. The summed E-state index contributed by atoms with van der Waals surface area (Å²) in [5.74, 6) is 6.12. The second-order valence-corrected chi connectivity index (χ2v) is 5.77. The van der Waals surface area contributed by atoms with Gasteiger partial charge in [-0.3, -0.25) is 0 Å². The minimum atomic E-state index is -0.273. The topological polar surface area (TPSA) is 20.2 Å². The molecule has 0 unspecified atom stereocenters. The molecule has 0 spiro atoms. The zero-order valence-corrected chi connectivity index (χ0v) is 12.7. The molecule has 1 N–H and O–H groups in total. The first-order valence-corrected chi connectivity index (χ1v) is 7.74. The Bertz CT molecular complexity index is 653. The Balaban J connectivity index is 2.06. The minimum Gasteiger partial charge on any atom is -0.395 e. The van der Waals surface area contributed by atoms with E-state index in [0.717, 1.165) is 10.5 Å². The first-order chi connectivity index (χ1) is 10.2. The molecule has 3 heteroatoms. The van der Waals surface area contributed by atoms with Crippen LogP contribution in [0.3, 0.4) is 0 Å². The molecule has 2 aromatic rings. The molecule has 0 aliphatic heterocycles. The van der Waals surface area contributed by atoms with Gasteiger partial charge in [0, 0.05) is 22.6 Å². The third kappa shape index (κ3) is 5.26. The fourth-order valence-electron chi connectivity index (χ4n) is 1.83. The van der Waals surface area contributed by atoms with Crippen LogP contribution in [-0.2, 0) is 5.75 Å². The molecule has 0 aromatic heterocycles. The van der Waals surface area contributed by atoms with Gasteiger partial charge in [0.05, 0.1) is 6.61 Å². The third-order valence-electron chi connectivity index (χ3n) is 2.85. The molecule has 0 saturated heterocycles. The van der Waals surface area contributed by atoms with Crippen molar-refractivity contribution in [1.82, 2.24) is 0 Å². The average Bonchev–Trinajstić information content (AvgIpc) is 2.46. The van der Waals surface area contributed by atoms with E-state index in [1.54, 1.807) is 17.8 Å². The fourth-order valence-corrected chi connectivity index (χ4v) is 2.66. The first kappa shape index (κ1) is 15.6. The normalized spacial score (nSPS) is 10.0. The second-order valence-electron chi connectivity index (χ2n) is 4.73. The average molecular weight is 300 g/mol. The van der Waals surface area contributed by atoms with Gasteiger partial charge in [-0.25, -0.2) is 4.39 Å². The summed E-state index contributed by atoms with van der Waals surface area (Å²) < 4.78 is 13.6. The standard InChI is InChI=1S/C18H17FOS/c1-14-5-7-18(8-6-14)21-13-16-10-15(4-2-3-9-20)11-17(19)12-16/h5-8,10-12,20H,3,9,13H2,1H3. The van der Waals surface area contributed by atoms with Crippen molar-refractivity contribution in [3.8, 4) is 11.8 Å². The number of aliphatic hydroxyl groups is 1. The Morgan fingerprint density at radius 2 is 1.90 bits per heavy atom. The molecule has 0 heterocycles. The van der Waals surface area contributed by atoms with Gasteiger partial charge >= 0.3 is 0 Å². The van der Waals surface area contributed by atoms with Crippen LogP contribution in [0.25, 0.3) is 0 Å². The van der Waals surface area contributed by atoms with Gasteiger partial charge in [-0.1, -0.05) is 29.5 Å². The largest absolute Gasteiger partial charge is 0.395 e. The molecule has 2 rings (SSSR count). The number of aliphatic hydroxyl groups excluding tert-OH is 1. The first-order valence-electron chi connectivity index (χ1n) is 6.76. The summed E-state index contributed by atoms with van der Waals surface area (Å²) in [6.07, 6.45) is 0.407. The summed E-state index contributed by atoms with van der Waals surface area (Å²) in [5.41, 5.74) is 2.79. The Labute approximate surface area is 129 Å². The zero-order chi connectivity index (χ0) is 15.1. The van der Waals surface area contributed by atoms with Gasteiger partial charge in [-0.15, -0.1) is 11.8 Å². The van der Waals surface area contributed by atoms with Crippen molar-refractivity contribution in [2.75, 3.05) is 6.61 Å². The molecule has 0 radical (unpaired) electrons. The van der Waals surface area contributed by atoms with E-state index in [1.165, 1.54) is 11.6 Å². The summed E-state index contributed by atoms with van der Waals surface area (Å²) in [4.78, 5) is 1.16. The van der Waals surface area contributed by atoms with Crippen molar-refractivity contribution in [2.24, 2.45) is 0 Å². The van der Waals surface area contributed by atoms with Crippen LogP contribution < -0.4 is 0 Å². The van der Waals surface area contributed by atoms with Crippen LogP contribution in [0.5, 0.6) is 0 Å². The maximum atomic E-state index is 13.6. The van der Waals surface area contributed by atoms with Gasteiger partial charge in [0.25, 0.3) is 0 Å². The summed E-state index contributed by atoms with van der Waals surface area (Å²) in [5, 5.41) is 8.70. The van der Waals surface area contributed by atoms with Crippen molar-refractivity contribution in [3.63, 3.8) is 0 Å². The highest BCUT2D eigenvalue weighted by Gasteiger charge is 2.01. The Morgan fingerprint density at radius 3 is 2.62 bits per heavy atom. The highest BCUT2D eigenvalue weighted by Crippen LogP contribution is 2.24.